The molecule has 3 aromatic rings. The van der Waals surface area contributed by atoms with E-state index in [0.29, 0.717) is 12.1 Å². The number of benzene rings is 3. The molecule has 1 fully saturated rings. The minimum absolute atomic E-state index is 0.0190. The van der Waals surface area contributed by atoms with Crippen molar-refractivity contribution in [2.24, 2.45) is 0 Å². The zero-order valence-electron chi connectivity index (χ0n) is 16.8. The van der Waals surface area contributed by atoms with Crippen LogP contribution >= 0.6 is 0 Å². The Bertz CT molecular complexity index is 1120. The quantitative estimate of drug-likeness (QED) is 0.501. The lowest BCUT2D eigenvalue weighted by atomic mass is 9.96. The number of amides is 1. The molecule has 0 aliphatic carbocycles. The lowest BCUT2D eigenvalue weighted by Gasteiger charge is -2.37. The summed E-state index contributed by atoms with van der Waals surface area (Å²) in [5, 5.41) is 12.7. The first-order valence-corrected chi connectivity index (χ1v) is 10.4. The number of carbonyl (C=O) groups is 1. The maximum Gasteiger partial charge on any atom is 0.269 e. The molecule has 5 rings (SSSR count). The van der Waals surface area contributed by atoms with Gasteiger partial charge in [0.25, 0.3) is 11.6 Å². The van der Waals surface area contributed by atoms with Crippen molar-refractivity contribution in [3.8, 4) is 0 Å². The molecule has 2 heterocycles. The SMILES string of the molecule is O=C1[C@@H]2CCc3ccccc3N2[C@@H](Cc2ccccc2)N1Nc1ccc([N+](=O)[O-])cc1. The molecule has 0 aromatic heterocycles. The summed E-state index contributed by atoms with van der Waals surface area (Å²) in [5.41, 5.74) is 7.38. The van der Waals surface area contributed by atoms with Crippen LogP contribution in [0.15, 0.2) is 78.9 Å². The summed E-state index contributed by atoms with van der Waals surface area (Å²) in [6.07, 6.45) is 2.08. The summed E-state index contributed by atoms with van der Waals surface area (Å²) in [4.78, 5) is 26.2. The second kappa shape index (κ2) is 7.75. The number of rotatable bonds is 5. The van der Waals surface area contributed by atoms with E-state index in [1.54, 1.807) is 17.1 Å². The van der Waals surface area contributed by atoms with Gasteiger partial charge in [0.05, 0.1) is 10.6 Å². The highest BCUT2D eigenvalue weighted by molar-refractivity contribution is 5.91. The van der Waals surface area contributed by atoms with E-state index in [1.165, 1.54) is 17.7 Å². The zero-order valence-corrected chi connectivity index (χ0v) is 16.8. The van der Waals surface area contributed by atoms with Crippen LogP contribution in [0.5, 0.6) is 0 Å². The third kappa shape index (κ3) is 3.48. The van der Waals surface area contributed by atoms with Gasteiger partial charge in [-0.05, 0) is 42.2 Å². The van der Waals surface area contributed by atoms with E-state index >= 15 is 0 Å². The van der Waals surface area contributed by atoms with Crippen LogP contribution in [0.1, 0.15) is 17.5 Å². The van der Waals surface area contributed by atoms with Gasteiger partial charge in [0.15, 0.2) is 0 Å². The fourth-order valence-corrected chi connectivity index (χ4v) is 4.56. The summed E-state index contributed by atoms with van der Waals surface area (Å²) in [7, 11) is 0. The monoisotopic (exact) mass is 414 g/mol. The Kier molecular flexibility index (Phi) is 4.78. The van der Waals surface area contributed by atoms with Gasteiger partial charge in [-0.3, -0.25) is 20.3 Å². The first-order valence-electron chi connectivity index (χ1n) is 10.4. The number of hydrogen-bond acceptors (Lipinski definition) is 5. The number of non-ortho nitro benzene ring substituents is 1. The van der Waals surface area contributed by atoms with Crippen molar-refractivity contribution < 1.29 is 9.72 Å². The molecule has 1 N–H and O–H groups in total. The second-order valence-corrected chi connectivity index (χ2v) is 7.88. The molecule has 31 heavy (non-hydrogen) atoms. The first kappa shape index (κ1) is 19.1. The van der Waals surface area contributed by atoms with Crippen molar-refractivity contribution in [3.05, 3.63) is 100 Å². The van der Waals surface area contributed by atoms with Crippen LogP contribution in [0.3, 0.4) is 0 Å². The van der Waals surface area contributed by atoms with Crippen molar-refractivity contribution in [2.45, 2.75) is 31.5 Å². The molecule has 7 nitrogen and oxygen atoms in total. The first-order chi connectivity index (χ1) is 15.1. The molecule has 2 aliphatic heterocycles. The summed E-state index contributed by atoms with van der Waals surface area (Å²) < 4.78 is 0. The number of aryl methyl sites for hydroxylation is 1. The number of hydrazine groups is 1. The van der Waals surface area contributed by atoms with Crippen molar-refractivity contribution in [1.82, 2.24) is 5.01 Å². The Morgan fingerprint density at radius 2 is 1.68 bits per heavy atom. The Balaban J connectivity index is 1.51. The molecule has 1 amide bonds. The van der Waals surface area contributed by atoms with Crippen LogP contribution < -0.4 is 10.3 Å². The molecule has 0 saturated carbocycles. The van der Waals surface area contributed by atoms with Gasteiger partial charge in [-0.15, -0.1) is 0 Å². The number of nitrogens with zero attached hydrogens (tertiary/aromatic N) is 3. The predicted octanol–water partition coefficient (Wildman–Crippen LogP) is 4.15. The third-order valence-corrected chi connectivity index (χ3v) is 6.02. The van der Waals surface area contributed by atoms with Crippen molar-refractivity contribution >= 4 is 23.0 Å². The minimum atomic E-state index is -0.430. The van der Waals surface area contributed by atoms with E-state index in [1.807, 2.05) is 30.3 Å². The molecule has 1 saturated heterocycles. The van der Waals surface area contributed by atoms with E-state index in [0.717, 1.165) is 24.1 Å². The van der Waals surface area contributed by atoms with E-state index in [4.69, 9.17) is 0 Å². The smallest absolute Gasteiger partial charge is 0.269 e. The van der Waals surface area contributed by atoms with Gasteiger partial charge in [0.2, 0.25) is 0 Å². The number of carbonyl (C=O) groups excluding carboxylic acids is 1. The molecule has 0 unspecified atom stereocenters. The molecule has 156 valence electrons. The molecular formula is C24H22N4O3. The Morgan fingerprint density at radius 3 is 2.42 bits per heavy atom. The van der Waals surface area contributed by atoms with Gasteiger partial charge in [-0.25, -0.2) is 5.01 Å². The third-order valence-electron chi connectivity index (χ3n) is 6.02. The van der Waals surface area contributed by atoms with Crippen molar-refractivity contribution in [1.29, 1.82) is 0 Å². The lowest BCUT2D eigenvalue weighted by molar-refractivity contribution is -0.384. The standard InChI is InChI=1S/C24H22N4O3/c29-24-22-15-10-18-8-4-5-9-21(18)26(22)23(16-17-6-2-1-3-7-17)27(24)25-19-11-13-20(14-12-19)28(30)31/h1-9,11-14,22-23,25H,10,15-16H2/t22-,23+/m0/s1. The maximum absolute atomic E-state index is 13.4. The molecule has 0 spiro atoms. The van der Waals surface area contributed by atoms with Crippen LogP contribution in [0.4, 0.5) is 17.1 Å². The van der Waals surface area contributed by atoms with Crippen LogP contribution in [0.25, 0.3) is 0 Å². The minimum Gasteiger partial charge on any atom is -0.337 e. The Hall–Kier alpha value is -3.87. The lowest BCUT2D eigenvalue weighted by Crippen LogP contribution is -2.46. The number of para-hydroxylation sites is 1. The molecular weight excluding hydrogens is 392 g/mol. The van der Waals surface area contributed by atoms with Gasteiger partial charge >= 0.3 is 0 Å². The molecule has 0 bridgehead atoms. The fourth-order valence-electron chi connectivity index (χ4n) is 4.56. The molecule has 0 radical (unpaired) electrons. The second-order valence-electron chi connectivity index (χ2n) is 7.88. The largest absolute Gasteiger partial charge is 0.337 e. The van der Waals surface area contributed by atoms with Gasteiger partial charge in [0.1, 0.15) is 12.2 Å². The normalized spacial score (nSPS) is 19.7. The average molecular weight is 414 g/mol. The summed E-state index contributed by atoms with van der Waals surface area (Å²) in [5.74, 6) is 0.0220. The predicted molar refractivity (Wildman–Crippen MR) is 119 cm³/mol. The topological polar surface area (TPSA) is 78.7 Å². The van der Waals surface area contributed by atoms with Gasteiger partial charge in [0, 0.05) is 24.2 Å². The summed E-state index contributed by atoms with van der Waals surface area (Å²) >= 11 is 0. The number of fused-ring (bicyclic) bond motifs is 3. The maximum atomic E-state index is 13.4. The number of nitro benzene ring substituents is 1. The van der Waals surface area contributed by atoms with E-state index in [2.05, 4.69) is 34.6 Å². The highest BCUT2D eigenvalue weighted by Gasteiger charge is 2.48. The van der Waals surface area contributed by atoms with Crippen LogP contribution in [-0.4, -0.2) is 28.0 Å². The number of hydrogen-bond donors (Lipinski definition) is 1. The van der Waals surface area contributed by atoms with Crippen LogP contribution in [0, 0.1) is 10.1 Å². The van der Waals surface area contributed by atoms with Crippen molar-refractivity contribution in [2.75, 3.05) is 10.3 Å². The van der Waals surface area contributed by atoms with E-state index in [9.17, 15) is 14.9 Å². The molecule has 3 aromatic carbocycles. The molecule has 2 atom stereocenters. The Morgan fingerprint density at radius 1 is 0.968 bits per heavy atom. The van der Waals surface area contributed by atoms with Gasteiger partial charge in [-0.2, -0.15) is 0 Å². The van der Waals surface area contributed by atoms with Crippen LogP contribution in [0.2, 0.25) is 0 Å². The number of nitrogens with one attached hydrogen (secondary N) is 1. The molecule has 7 heteroatoms. The van der Waals surface area contributed by atoms with Crippen molar-refractivity contribution in [3.63, 3.8) is 0 Å². The zero-order chi connectivity index (χ0) is 21.4. The fraction of sp³-hybridized carbons (Fsp3) is 0.208. The molecule has 2 aliphatic rings. The highest BCUT2D eigenvalue weighted by atomic mass is 16.6. The number of nitro groups is 1. The van der Waals surface area contributed by atoms with Crippen LogP contribution in [-0.2, 0) is 17.6 Å². The Labute approximate surface area is 180 Å². The summed E-state index contributed by atoms with van der Waals surface area (Å²) in [6.45, 7) is 0. The average Bonchev–Trinajstić information content (AvgIpc) is 3.06. The van der Waals surface area contributed by atoms with Gasteiger partial charge < -0.3 is 4.90 Å². The summed E-state index contributed by atoms with van der Waals surface area (Å²) in [6, 6.07) is 24.3. The van der Waals surface area contributed by atoms with E-state index in [-0.39, 0.29) is 23.8 Å². The highest BCUT2D eigenvalue weighted by Crippen LogP contribution is 2.39. The van der Waals surface area contributed by atoms with Gasteiger partial charge in [-0.1, -0.05) is 48.5 Å². The number of anilines is 2. The van der Waals surface area contributed by atoms with E-state index < -0.39 is 4.92 Å².